The van der Waals surface area contributed by atoms with E-state index in [9.17, 15) is 4.57 Å². The van der Waals surface area contributed by atoms with Crippen LogP contribution in [0.2, 0.25) is 0 Å². The Bertz CT molecular complexity index is 131. The highest BCUT2D eigenvalue weighted by molar-refractivity contribution is 8.50. The maximum Gasteiger partial charge on any atom is 0.585 e. The van der Waals surface area contributed by atoms with Crippen molar-refractivity contribution in [2.24, 2.45) is 0 Å². The molecule has 1 unspecified atom stereocenters. The van der Waals surface area contributed by atoms with Gasteiger partial charge in [-0.05, 0) is 17.7 Å². The summed E-state index contributed by atoms with van der Waals surface area (Å²) in [5.74, 6) is 0.880. The van der Waals surface area contributed by atoms with E-state index < -0.39 is 7.23 Å². The molecule has 0 N–H and O–H groups in total. The molecular formula is C7H17NO2PS+. The molecule has 0 saturated carbocycles. The highest BCUT2D eigenvalue weighted by atomic mass is 32.7. The summed E-state index contributed by atoms with van der Waals surface area (Å²) < 4.78 is 15.5. The van der Waals surface area contributed by atoms with Crippen molar-refractivity contribution in [1.29, 1.82) is 0 Å². The van der Waals surface area contributed by atoms with E-state index in [1.165, 1.54) is 18.5 Å². The van der Waals surface area contributed by atoms with Crippen LogP contribution in [-0.4, -0.2) is 37.4 Å². The van der Waals surface area contributed by atoms with Gasteiger partial charge in [-0.2, -0.15) is 0 Å². The van der Waals surface area contributed by atoms with Gasteiger partial charge in [0.2, 0.25) is 0 Å². The Kier molecular flexibility index (Phi) is 8.24. The van der Waals surface area contributed by atoms with Gasteiger partial charge in [0.15, 0.2) is 11.4 Å². The van der Waals surface area contributed by atoms with E-state index in [0.29, 0.717) is 0 Å². The van der Waals surface area contributed by atoms with Crippen molar-refractivity contribution in [2.45, 2.75) is 13.8 Å². The van der Waals surface area contributed by atoms with Crippen molar-refractivity contribution in [2.75, 3.05) is 32.5 Å². The molecule has 0 fully saturated rings. The Hall–Kier alpha value is 0.370. The van der Waals surface area contributed by atoms with E-state index >= 15 is 0 Å². The lowest BCUT2D eigenvalue weighted by Crippen LogP contribution is -2.25. The number of rotatable bonds is 7. The third kappa shape index (κ3) is 5.95. The molecule has 0 heterocycles. The van der Waals surface area contributed by atoms with E-state index in [1.54, 1.807) is 0 Å². The maximum absolute atomic E-state index is 10.8. The van der Waals surface area contributed by atoms with E-state index in [-0.39, 0.29) is 0 Å². The smallest absolute Gasteiger partial charge is 0.303 e. The van der Waals surface area contributed by atoms with Gasteiger partial charge in [-0.25, -0.2) is 0 Å². The van der Waals surface area contributed by atoms with Gasteiger partial charge in [-0.1, -0.05) is 13.8 Å². The summed E-state index contributed by atoms with van der Waals surface area (Å²) in [5.41, 5.74) is 0. The predicted octanol–water partition coefficient (Wildman–Crippen LogP) is 2.37. The average molecular weight is 210 g/mol. The monoisotopic (exact) mass is 210 g/mol. The van der Waals surface area contributed by atoms with Gasteiger partial charge in [-0.3, -0.25) is 0 Å². The minimum Gasteiger partial charge on any atom is -0.303 e. The third-order valence-electron chi connectivity index (χ3n) is 1.65. The zero-order chi connectivity index (χ0) is 9.40. The second-order valence-corrected chi connectivity index (χ2v) is 5.41. The molecular weight excluding hydrogens is 193 g/mol. The Morgan fingerprint density at radius 1 is 1.42 bits per heavy atom. The number of nitrogens with zero attached hydrogens (tertiary/aromatic N) is 1. The van der Waals surface area contributed by atoms with Crippen molar-refractivity contribution in [3.8, 4) is 0 Å². The first-order chi connectivity index (χ1) is 5.74. The second-order valence-electron chi connectivity index (χ2n) is 2.27. The molecule has 5 heteroatoms. The molecule has 0 aliphatic heterocycles. The van der Waals surface area contributed by atoms with Crippen molar-refractivity contribution >= 4 is 18.6 Å². The SMILES string of the molecule is CCN(CC)CCS[P+](=O)OC. The van der Waals surface area contributed by atoms with Crippen LogP contribution in [0.25, 0.3) is 0 Å². The summed E-state index contributed by atoms with van der Waals surface area (Å²) >= 11 is 1.38. The topological polar surface area (TPSA) is 29.5 Å². The summed E-state index contributed by atoms with van der Waals surface area (Å²) in [6, 6.07) is 0. The van der Waals surface area contributed by atoms with Crippen molar-refractivity contribution < 1.29 is 9.09 Å². The maximum atomic E-state index is 10.8. The minimum atomic E-state index is -1.48. The first-order valence-corrected chi connectivity index (χ1v) is 6.88. The lowest BCUT2D eigenvalue weighted by Gasteiger charge is -2.15. The fourth-order valence-electron chi connectivity index (χ4n) is 0.837. The summed E-state index contributed by atoms with van der Waals surface area (Å²) in [6.07, 6.45) is 0. The van der Waals surface area contributed by atoms with Crippen LogP contribution in [-0.2, 0) is 9.09 Å². The molecule has 0 aliphatic rings. The van der Waals surface area contributed by atoms with Crippen LogP contribution in [0.5, 0.6) is 0 Å². The molecule has 0 spiro atoms. The lowest BCUT2D eigenvalue weighted by molar-refractivity contribution is 0.324. The normalized spacial score (nSPS) is 12.2. The van der Waals surface area contributed by atoms with Crippen LogP contribution < -0.4 is 0 Å². The molecule has 0 aliphatic carbocycles. The molecule has 12 heavy (non-hydrogen) atoms. The van der Waals surface area contributed by atoms with E-state index in [0.717, 1.165) is 25.4 Å². The van der Waals surface area contributed by atoms with Gasteiger partial charge < -0.3 is 4.90 Å². The van der Waals surface area contributed by atoms with Crippen molar-refractivity contribution in [1.82, 2.24) is 4.90 Å². The number of hydrogen-bond acceptors (Lipinski definition) is 4. The van der Waals surface area contributed by atoms with Gasteiger partial charge >= 0.3 is 7.23 Å². The largest absolute Gasteiger partial charge is 0.585 e. The highest BCUT2D eigenvalue weighted by Crippen LogP contribution is 2.37. The molecule has 0 radical (unpaired) electrons. The predicted molar refractivity (Wildman–Crippen MR) is 54.9 cm³/mol. The molecule has 1 atom stereocenters. The van der Waals surface area contributed by atoms with Crippen LogP contribution in [0.4, 0.5) is 0 Å². The number of hydrogen-bond donors (Lipinski definition) is 0. The zero-order valence-corrected chi connectivity index (χ0v) is 9.66. The van der Waals surface area contributed by atoms with E-state index in [1.807, 2.05) is 0 Å². The molecule has 0 rings (SSSR count). The minimum absolute atomic E-state index is 0.880. The van der Waals surface area contributed by atoms with Crippen LogP contribution in [0.1, 0.15) is 13.8 Å². The fourth-order valence-corrected chi connectivity index (χ4v) is 2.44. The third-order valence-corrected chi connectivity index (χ3v) is 4.15. The average Bonchev–Trinajstić information content (AvgIpc) is 2.12. The fraction of sp³-hybridized carbons (Fsp3) is 1.00. The summed E-state index contributed by atoms with van der Waals surface area (Å²) in [6.45, 7) is 7.36. The summed E-state index contributed by atoms with van der Waals surface area (Å²) in [5, 5.41) is 0. The molecule has 0 saturated heterocycles. The molecule has 0 aromatic rings. The van der Waals surface area contributed by atoms with Crippen molar-refractivity contribution in [3.05, 3.63) is 0 Å². The van der Waals surface area contributed by atoms with E-state index in [4.69, 9.17) is 0 Å². The van der Waals surface area contributed by atoms with E-state index in [2.05, 4.69) is 23.3 Å². The van der Waals surface area contributed by atoms with Gasteiger partial charge in [0.1, 0.15) is 0 Å². The molecule has 72 valence electrons. The van der Waals surface area contributed by atoms with Gasteiger partial charge in [0.05, 0.1) is 12.9 Å². The van der Waals surface area contributed by atoms with Crippen molar-refractivity contribution in [3.63, 3.8) is 0 Å². The Labute approximate surface area is 79.5 Å². The van der Waals surface area contributed by atoms with Gasteiger partial charge in [0.25, 0.3) is 0 Å². The lowest BCUT2D eigenvalue weighted by atomic mass is 10.5. The van der Waals surface area contributed by atoms with Crippen LogP contribution in [0.15, 0.2) is 0 Å². The first-order valence-electron chi connectivity index (χ1n) is 4.11. The zero-order valence-electron chi connectivity index (χ0n) is 7.95. The Balaban J connectivity index is 3.34. The molecule has 0 amide bonds. The first kappa shape index (κ1) is 12.4. The summed E-state index contributed by atoms with van der Waals surface area (Å²) in [4.78, 5) is 2.30. The second kappa shape index (κ2) is 7.99. The molecule has 0 bridgehead atoms. The summed E-state index contributed by atoms with van der Waals surface area (Å²) in [7, 11) is -0.00371. The molecule has 0 aromatic carbocycles. The van der Waals surface area contributed by atoms with Crippen LogP contribution in [0, 0.1) is 0 Å². The van der Waals surface area contributed by atoms with Crippen LogP contribution >= 0.6 is 18.6 Å². The quantitative estimate of drug-likeness (QED) is 0.603. The molecule has 3 nitrogen and oxygen atoms in total. The Morgan fingerprint density at radius 3 is 2.42 bits per heavy atom. The highest BCUT2D eigenvalue weighted by Gasteiger charge is 2.16. The standard InChI is InChI=1S/C7H17NO2PS/c1-4-8(5-2)6-7-12-11(9)10-3/h4-7H2,1-3H3/q+1. The van der Waals surface area contributed by atoms with Gasteiger partial charge in [-0.15, -0.1) is 4.52 Å². The van der Waals surface area contributed by atoms with Crippen LogP contribution in [0.3, 0.4) is 0 Å². The Morgan fingerprint density at radius 2 is 2.00 bits per heavy atom. The van der Waals surface area contributed by atoms with Gasteiger partial charge in [0, 0.05) is 6.54 Å². The molecule has 0 aromatic heterocycles.